The van der Waals surface area contributed by atoms with Crippen molar-refractivity contribution in [1.82, 2.24) is 9.88 Å². The van der Waals surface area contributed by atoms with Crippen molar-refractivity contribution in [2.75, 3.05) is 0 Å². The molecule has 1 amide bonds. The lowest BCUT2D eigenvalue weighted by molar-refractivity contribution is -0.138. The first kappa shape index (κ1) is 19.7. The molecule has 0 radical (unpaired) electrons. The van der Waals surface area contributed by atoms with Crippen molar-refractivity contribution < 1.29 is 27.8 Å². The molecule has 2 atom stereocenters. The highest BCUT2D eigenvalue weighted by Crippen LogP contribution is 2.46. The van der Waals surface area contributed by atoms with Crippen LogP contribution in [0.5, 0.6) is 0 Å². The molecule has 2 unspecified atom stereocenters. The standard InChI is InChI=1S/C21H21F3N2O3/c22-21(23,24)15-8-9-25-18(10-15)20(28)11-16-6-7-17(12-20)26(16)19(27)29-13-14-4-2-1-3-5-14/h1-5,8-10,16-17,28H,6-7,11-13H2. The van der Waals surface area contributed by atoms with Crippen molar-refractivity contribution >= 4 is 6.09 Å². The Kier molecular flexibility index (Phi) is 4.98. The molecule has 3 heterocycles. The Morgan fingerprint density at radius 2 is 1.83 bits per heavy atom. The third kappa shape index (κ3) is 3.94. The molecular weight excluding hydrogens is 385 g/mol. The minimum absolute atomic E-state index is 0.00141. The van der Waals surface area contributed by atoms with Crippen molar-refractivity contribution in [2.45, 2.75) is 56.2 Å². The van der Waals surface area contributed by atoms with Gasteiger partial charge in [-0.15, -0.1) is 0 Å². The summed E-state index contributed by atoms with van der Waals surface area (Å²) in [6.45, 7) is 0.148. The number of fused-ring (bicyclic) bond motifs is 2. The largest absolute Gasteiger partial charge is 0.445 e. The fraction of sp³-hybridized carbons (Fsp3) is 0.429. The van der Waals surface area contributed by atoms with Crippen LogP contribution in [0.25, 0.3) is 0 Å². The molecule has 1 N–H and O–H groups in total. The zero-order valence-corrected chi connectivity index (χ0v) is 15.6. The summed E-state index contributed by atoms with van der Waals surface area (Å²) in [5, 5.41) is 11.1. The highest BCUT2D eigenvalue weighted by molar-refractivity contribution is 5.69. The molecule has 2 aliphatic heterocycles. The SMILES string of the molecule is O=C(OCc1ccccc1)N1C2CCC1CC(O)(c1cc(C(F)(F)F)ccn1)C2. The number of rotatable bonds is 3. The Morgan fingerprint density at radius 3 is 2.45 bits per heavy atom. The number of aliphatic hydroxyl groups is 1. The predicted octanol–water partition coefficient (Wildman–Crippen LogP) is 4.25. The average molecular weight is 406 g/mol. The summed E-state index contributed by atoms with van der Waals surface area (Å²) in [7, 11) is 0. The third-order valence-electron chi connectivity index (χ3n) is 5.75. The molecule has 0 spiro atoms. The molecule has 2 bridgehead atoms. The first-order valence-electron chi connectivity index (χ1n) is 9.51. The molecule has 29 heavy (non-hydrogen) atoms. The minimum atomic E-state index is -4.50. The highest BCUT2D eigenvalue weighted by Gasteiger charge is 2.51. The Morgan fingerprint density at radius 1 is 1.17 bits per heavy atom. The van der Waals surface area contributed by atoms with Crippen LogP contribution in [0, 0.1) is 0 Å². The third-order valence-corrected chi connectivity index (χ3v) is 5.75. The topological polar surface area (TPSA) is 62.7 Å². The van der Waals surface area contributed by atoms with Gasteiger partial charge in [-0.1, -0.05) is 30.3 Å². The van der Waals surface area contributed by atoms with Crippen LogP contribution in [0.2, 0.25) is 0 Å². The van der Waals surface area contributed by atoms with E-state index in [9.17, 15) is 23.1 Å². The Hall–Kier alpha value is -2.61. The van der Waals surface area contributed by atoms with E-state index in [2.05, 4.69) is 4.98 Å². The number of carbonyl (C=O) groups is 1. The van der Waals surface area contributed by atoms with Crippen LogP contribution in [0.3, 0.4) is 0 Å². The van der Waals surface area contributed by atoms with E-state index in [4.69, 9.17) is 4.74 Å². The van der Waals surface area contributed by atoms with Gasteiger partial charge in [-0.3, -0.25) is 4.98 Å². The van der Waals surface area contributed by atoms with Crippen molar-refractivity contribution in [1.29, 1.82) is 0 Å². The van der Waals surface area contributed by atoms with Gasteiger partial charge in [0, 0.05) is 31.1 Å². The number of nitrogens with zero attached hydrogens (tertiary/aromatic N) is 2. The predicted molar refractivity (Wildman–Crippen MR) is 97.6 cm³/mol. The van der Waals surface area contributed by atoms with Crippen LogP contribution in [0.4, 0.5) is 18.0 Å². The Labute approximate surface area is 166 Å². The average Bonchev–Trinajstić information content (AvgIpc) is 2.98. The number of alkyl halides is 3. The maximum Gasteiger partial charge on any atom is 0.416 e. The van der Waals surface area contributed by atoms with Gasteiger partial charge in [-0.2, -0.15) is 13.2 Å². The van der Waals surface area contributed by atoms with E-state index >= 15 is 0 Å². The summed E-state index contributed by atoms with van der Waals surface area (Å²) in [5.41, 5.74) is -1.46. The van der Waals surface area contributed by atoms with Gasteiger partial charge >= 0.3 is 12.3 Å². The van der Waals surface area contributed by atoms with Crippen molar-refractivity contribution in [3.8, 4) is 0 Å². The second-order valence-electron chi connectivity index (χ2n) is 7.70. The van der Waals surface area contributed by atoms with E-state index in [1.54, 1.807) is 4.90 Å². The minimum Gasteiger partial charge on any atom is -0.445 e. The molecule has 1 aromatic heterocycles. The molecule has 5 nitrogen and oxygen atoms in total. The van der Waals surface area contributed by atoms with Gasteiger partial charge in [0.2, 0.25) is 0 Å². The maximum absolute atomic E-state index is 13.0. The molecule has 2 aromatic rings. The zero-order chi connectivity index (χ0) is 20.6. The zero-order valence-electron chi connectivity index (χ0n) is 15.6. The van der Waals surface area contributed by atoms with E-state index in [1.165, 1.54) is 0 Å². The summed E-state index contributed by atoms with van der Waals surface area (Å²) in [6.07, 6.45) is -2.27. The molecule has 1 aromatic carbocycles. The second kappa shape index (κ2) is 7.33. The van der Waals surface area contributed by atoms with Gasteiger partial charge in [0.25, 0.3) is 0 Å². The van der Waals surface area contributed by atoms with Crippen LogP contribution < -0.4 is 0 Å². The lowest BCUT2D eigenvalue weighted by Gasteiger charge is -2.42. The molecule has 154 valence electrons. The summed E-state index contributed by atoms with van der Waals surface area (Å²) in [6, 6.07) is 10.5. The molecule has 2 aliphatic rings. The van der Waals surface area contributed by atoms with Crippen LogP contribution in [0.1, 0.15) is 42.5 Å². The number of carbonyl (C=O) groups excluding carboxylic acids is 1. The number of benzene rings is 1. The van der Waals surface area contributed by atoms with Gasteiger partial charge in [-0.05, 0) is 30.5 Å². The first-order chi connectivity index (χ1) is 13.8. The number of hydrogen-bond acceptors (Lipinski definition) is 4. The number of halogens is 3. The lowest BCUT2D eigenvalue weighted by atomic mass is 9.83. The number of amides is 1. The molecule has 4 rings (SSSR count). The van der Waals surface area contributed by atoms with Gasteiger partial charge in [0.05, 0.1) is 11.3 Å². The van der Waals surface area contributed by atoms with Crippen LogP contribution in [-0.4, -0.2) is 33.2 Å². The van der Waals surface area contributed by atoms with Gasteiger partial charge in [0.1, 0.15) is 12.2 Å². The van der Waals surface area contributed by atoms with Crippen LogP contribution >= 0.6 is 0 Å². The van der Waals surface area contributed by atoms with Crippen molar-refractivity contribution in [2.24, 2.45) is 0 Å². The van der Waals surface area contributed by atoms with Crippen LogP contribution in [-0.2, 0) is 23.1 Å². The Balaban J connectivity index is 1.48. The molecule has 2 fully saturated rings. The van der Waals surface area contributed by atoms with Crippen LogP contribution in [0.15, 0.2) is 48.7 Å². The summed E-state index contributed by atoms with van der Waals surface area (Å²) in [4.78, 5) is 18.3. The van der Waals surface area contributed by atoms with Gasteiger partial charge in [-0.25, -0.2) is 4.79 Å². The smallest absolute Gasteiger partial charge is 0.416 e. The molecule has 0 saturated carbocycles. The summed E-state index contributed by atoms with van der Waals surface area (Å²) < 4.78 is 44.5. The number of piperidine rings is 1. The second-order valence-corrected chi connectivity index (χ2v) is 7.70. The number of ether oxygens (including phenoxy) is 1. The first-order valence-corrected chi connectivity index (χ1v) is 9.51. The fourth-order valence-corrected chi connectivity index (χ4v) is 4.39. The van der Waals surface area contributed by atoms with E-state index in [1.807, 2.05) is 30.3 Å². The highest BCUT2D eigenvalue weighted by atomic mass is 19.4. The number of hydrogen-bond donors (Lipinski definition) is 1. The number of aromatic nitrogens is 1. The van der Waals surface area contributed by atoms with E-state index in [0.717, 1.165) is 23.9 Å². The van der Waals surface area contributed by atoms with E-state index < -0.39 is 23.4 Å². The quantitative estimate of drug-likeness (QED) is 0.828. The van der Waals surface area contributed by atoms with Gasteiger partial charge in [0.15, 0.2) is 0 Å². The van der Waals surface area contributed by atoms with Gasteiger partial charge < -0.3 is 14.7 Å². The normalized spacial score (nSPS) is 26.4. The molecular formula is C21H21F3N2O3. The lowest BCUT2D eigenvalue weighted by Crippen LogP contribution is -2.52. The summed E-state index contributed by atoms with van der Waals surface area (Å²) >= 11 is 0. The number of pyridine rings is 1. The summed E-state index contributed by atoms with van der Waals surface area (Å²) in [5.74, 6) is 0. The van der Waals surface area contributed by atoms with E-state index in [0.29, 0.717) is 12.8 Å². The molecule has 2 saturated heterocycles. The van der Waals surface area contributed by atoms with Crippen molar-refractivity contribution in [3.05, 3.63) is 65.5 Å². The molecule has 8 heteroatoms. The fourth-order valence-electron chi connectivity index (χ4n) is 4.39. The molecule has 0 aliphatic carbocycles. The van der Waals surface area contributed by atoms with Crippen molar-refractivity contribution in [3.63, 3.8) is 0 Å². The van der Waals surface area contributed by atoms with E-state index in [-0.39, 0.29) is 37.2 Å². The monoisotopic (exact) mass is 406 g/mol. The Bertz CT molecular complexity index is 874. The maximum atomic E-state index is 13.0.